The molecule has 1 saturated heterocycles. The van der Waals surface area contributed by atoms with Crippen LogP contribution in [-0.4, -0.2) is 26.5 Å². The van der Waals surface area contributed by atoms with Crippen LogP contribution in [0.1, 0.15) is 31.4 Å². The van der Waals surface area contributed by atoms with Crippen LogP contribution in [0.4, 0.5) is 0 Å². The van der Waals surface area contributed by atoms with Gasteiger partial charge in [0, 0.05) is 6.04 Å². The van der Waals surface area contributed by atoms with Crippen molar-refractivity contribution in [2.24, 2.45) is 5.92 Å². The summed E-state index contributed by atoms with van der Waals surface area (Å²) < 4.78 is 25.5. The van der Waals surface area contributed by atoms with Gasteiger partial charge in [0.05, 0.1) is 19.1 Å². The Bertz CT molecular complexity index is 542. The Morgan fingerprint density at radius 1 is 1.53 bits per heavy atom. The lowest BCUT2D eigenvalue weighted by molar-refractivity contribution is 0.392. The molecule has 0 saturated carbocycles. The van der Waals surface area contributed by atoms with Gasteiger partial charge in [-0.2, -0.15) is 0 Å². The maximum atomic E-state index is 11.7. The fourth-order valence-electron chi connectivity index (χ4n) is 2.48. The Kier molecular flexibility index (Phi) is 5.50. The van der Waals surface area contributed by atoms with E-state index in [2.05, 4.69) is 50.2 Å². The molecule has 108 valence electrons. The predicted molar refractivity (Wildman–Crippen MR) is 87.5 cm³/mol. The van der Waals surface area contributed by atoms with Gasteiger partial charge >= 0.3 is 0 Å². The third kappa shape index (κ3) is 4.03. The van der Waals surface area contributed by atoms with Crippen LogP contribution in [0.25, 0.3) is 0 Å². The molecule has 0 radical (unpaired) electrons. The smallest absolute Gasteiger partial charge is 0.150 e. The van der Waals surface area contributed by atoms with E-state index in [4.69, 9.17) is 0 Å². The van der Waals surface area contributed by atoms with Crippen molar-refractivity contribution in [1.29, 1.82) is 0 Å². The van der Waals surface area contributed by atoms with Gasteiger partial charge in [0.25, 0.3) is 0 Å². The maximum Gasteiger partial charge on any atom is 0.150 e. The highest BCUT2D eigenvalue weighted by molar-refractivity contribution is 9.12. The molecule has 1 aromatic rings. The van der Waals surface area contributed by atoms with E-state index in [1.54, 1.807) is 11.3 Å². The van der Waals surface area contributed by atoms with Gasteiger partial charge in [0.2, 0.25) is 0 Å². The summed E-state index contributed by atoms with van der Waals surface area (Å²) in [5, 5.41) is 3.51. The van der Waals surface area contributed by atoms with E-state index in [0.29, 0.717) is 11.5 Å². The zero-order valence-electron chi connectivity index (χ0n) is 10.7. The summed E-state index contributed by atoms with van der Waals surface area (Å²) in [6.45, 7) is 3.02. The van der Waals surface area contributed by atoms with E-state index < -0.39 is 9.84 Å². The summed E-state index contributed by atoms with van der Waals surface area (Å²) in [4.78, 5) is 0. The lowest BCUT2D eigenvalue weighted by Gasteiger charge is -2.23. The quantitative estimate of drug-likeness (QED) is 0.773. The minimum atomic E-state index is -2.84. The van der Waals surface area contributed by atoms with Gasteiger partial charge in [-0.15, -0.1) is 11.3 Å². The van der Waals surface area contributed by atoms with Gasteiger partial charge in [0.1, 0.15) is 0 Å². The van der Waals surface area contributed by atoms with E-state index in [1.807, 2.05) is 0 Å². The highest BCUT2D eigenvalue weighted by atomic mass is 79.9. The Balaban J connectivity index is 2.23. The third-order valence-corrected chi connectivity index (χ3v) is 7.55. The van der Waals surface area contributed by atoms with Gasteiger partial charge in [-0.1, -0.05) is 6.92 Å². The van der Waals surface area contributed by atoms with Crippen molar-refractivity contribution in [3.05, 3.63) is 19.2 Å². The molecule has 0 amide bonds. The van der Waals surface area contributed by atoms with Crippen molar-refractivity contribution in [2.75, 3.05) is 18.1 Å². The predicted octanol–water partition coefficient (Wildman–Crippen LogP) is 3.75. The molecule has 3 nitrogen and oxygen atoms in total. The molecule has 1 N–H and O–H groups in total. The summed E-state index contributed by atoms with van der Waals surface area (Å²) in [5.41, 5.74) is 1.17. The summed E-state index contributed by atoms with van der Waals surface area (Å²) in [7, 11) is -2.84. The van der Waals surface area contributed by atoms with Gasteiger partial charge in [-0.3, -0.25) is 0 Å². The summed E-state index contributed by atoms with van der Waals surface area (Å²) in [6.07, 6.45) is 1.79. The van der Waals surface area contributed by atoms with Crippen LogP contribution in [0.5, 0.6) is 0 Å². The molecule has 2 rings (SSSR count). The fourth-order valence-corrected chi connectivity index (χ4v) is 7.25. The Labute approximate surface area is 135 Å². The SMILES string of the molecule is CCCNC(c1cc(Br)sc1Br)C1CCS(=O)(=O)C1. The maximum absolute atomic E-state index is 11.7. The molecule has 1 aliphatic heterocycles. The number of halogens is 2. The molecule has 2 heterocycles. The van der Waals surface area contributed by atoms with Crippen LogP contribution in [0.15, 0.2) is 13.6 Å². The van der Waals surface area contributed by atoms with E-state index >= 15 is 0 Å². The average molecular weight is 431 g/mol. The molecule has 0 spiro atoms. The number of hydrogen-bond acceptors (Lipinski definition) is 4. The second-order valence-electron chi connectivity index (χ2n) is 4.87. The lowest BCUT2D eigenvalue weighted by Crippen LogP contribution is -2.29. The van der Waals surface area contributed by atoms with Crippen LogP contribution < -0.4 is 5.32 Å². The molecule has 0 aromatic carbocycles. The van der Waals surface area contributed by atoms with Gasteiger partial charge in [0.15, 0.2) is 9.84 Å². The molecule has 7 heteroatoms. The molecular weight excluding hydrogens is 414 g/mol. The number of nitrogens with one attached hydrogen (secondary N) is 1. The van der Waals surface area contributed by atoms with Crippen molar-refractivity contribution >= 4 is 53.0 Å². The first-order chi connectivity index (χ1) is 8.93. The Morgan fingerprint density at radius 2 is 2.26 bits per heavy atom. The average Bonchev–Trinajstić information content (AvgIpc) is 2.83. The van der Waals surface area contributed by atoms with E-state index in [-0.39, 0.29) is 12.0 Å². The third-order valence-electron chi connectivity index (χ3n) is 3.37. The van der Waals surface area contributed by atoms with Crippen molar-refractivity contribution in [1.82, 2.24) is 5.32 Å². The molecule has 0 bridgehead atoms. The standard InChI is InChI=1S/C12H17Br2NO2S2/c1-2-4-15-11(8-3-5-19(16,17)7-8)9-6-10(13)18-12(9)14/h6,8,11,15H,2-5,7H2,1H3. The van der Waals surface area contributed by atoms with E-state index in [9.17, 15) is 8.42 Å². The normalized spacial score (nSPS) is 23.6. The van der Waals surface area contributed by atoms with Crippen molar-refractivity contribution in [3.63, 3.8) is 0 Å². The zero-order chi connectivity index (χ0) is 14.0. The van der Waals surface area contributed by atoms with Crippen molar-refractivity contribution < 1.29 is 8.42 Å². The van der Waals surface area contributed by atoms with E-state index in [1.165, 1.54) is 5.56 Å². The Morgan fingerprint density at radius 3 is 2.74 bits per heavy atom. The first-order valence-corrected chi connectivity index (χ1v) is 10.5. The highest BCUT2D eigenvalue weighted by Crippen LogP contribution is 2.40. The molecule has 0 aliphatic carbocycles. The molecule has 1 aromatic heterocycles. The fraction of sp³-hybridized carbons (Fsp3) is 0.667. The summed E-state index contributed by atoms with van der Waals surface area (Å²) in [5.74, 6) is 0.800. The Hall–Kier alpha value is 0.570. The summed E-state index contributed by atoms with van der Waals surface area (Å²) >= 11 is 8.71. The second kappa shape index (κ2) is 6.56. The first kappa shape index (κ1) is 15.9. The summed E-state index contributed by atoms with van der Waals surface area (Å²) in [6, 6.07) is 2.21. The van der Waals surface area contributed by atoms with Crippen molar-refractivity contribution in [2.45, 2.75) is 25.8 Å². The first-order valence-electron chi connectivity index (χ1n) is 6.31. The molecule has 19 heavy (non-hydrogen) atoms. The molecular formula is C12H17Br2NO2S2. The lowest BCUT2D eigenvalue weighted by atomic mass is 9.94. The van der Waals surface area contributed by atoms with Gasteiger partial charge in [-0.05, 0) is 68.8 Å². The highest BCUT2D eigenvalue weighted by Gasteiger charge is 2.35. The monoisotopic (exact) mass is 429 g/mol. The van der Waals surface area contributed by atoms with Crippen LogP contribution in [-0.2, 0) is 9.84 Å². The number of rotatable bonds is 5. The molecule has 1 aliphatic rings. The number of thiophene rings is 1. The minimum absolute atomic E-state index is 0.120. The van der Waals surface area contributed by atoms with Crippen LogP contribution >= 0.6 is 43.2 Å². The minimum Gasteiger partial charge on any atom is -0.310 e. The molecule has 1 fully saturated rings. The zero-order valence-corrected chi connectivity index (χ0v) is 15.5. The van der Waals surface area contributed by atoms with Gasteiger partial charge in [-0.25, -0.2) is 8.42 Å². The van der Waals surface area contributed by atoms with Gasteiger partial charge < -0.3 is 5.32 Å². The van der Waals surface area contributed by atoms with Crippen LogP contribution in [0.2, 0.25) is 0 Å². The topological polar surface area (TPSA) is 46.2 Å². The number of sulfone groups is 1. The van der Waals surface area contributed by atoms with Crippen LogP contribution in [0, 0.1) is 5.92 Å². The molecule has 2 atom stereocenters. The van der Waals surface area contributed by atoms with E-state index in [0.717, 1.165) is 27.0 Å². The number of hydrogen-bond donors (Lipinski definition) is 1. The largest absolute Gasteiger partial charge is 0.310 e. The van der Waals surface area contributed by atoms with Crippen molar-refractivity contribution in [3.8, 4) is 0 Å². The van der Waals surface area contributed by atoms with Crippen LogP contribution in [0.3, 0.4) is 0 Å². The molecule has 2 unspecified atom stereocenters. The second-order valence-corrected chi connectivity index (χ2v) is 10.9.